The molecule has 0 aliphatic carbocycles. The third kappa shape index (κ3) is 6.87. The molecule has 0 bridgehead atoms. The van der Waals surface area contributed by atoms with Gasteiger partial charge in [-0.3, -0.25) is 0 Å². The van der Waals surface area contributed by atoms with Crippen LogP contribution >= 0.6 is 0 Å². The third-order valence-electron chi connectivity index (χ3n) is 9.12. The molecule has 0 atom stereocenters. The molecule has 0 saturated heterocycles. The second-order valence-electron chi connectivity index (χ2n) is 12.5. The summed E-state index contributed by atoms with van der Waals surface area (Å²) < 4.78 is 0. The summed E-state index contributed by atoms with van der Waals surface area (Å²) in [7, 11) is 0. The van der Waals surface area contributed by atoms with Crippen molar-refractivity contribution in [2.45, 2.75) is 0 Å². The predicted molar refractivity (Wildman–Crippen MR) is 218 cm³/mol. The first kappa shape index (κ1) is 32.2. The summed E-state index contributed by atoms with van der Waals surface area (Å²) in [5.41, 5.74) is 11.8. The van der Waals surface area contributed by atoms with Gasteiger partial charge in [-0.25, -0.2) is 0 Å². The first-order valence-corrected chi connectivity index (χ1v) is 17.4. The smallest absolute Gasteiger partial charge is 0.115 e. The first-order chi connectivity index (χ1) is 25.7. The number of hydrogen-bond donors (Lipinski definition) is 1. The Bertz CT molecular complexity index is 2110. The van der Waals surface area contributed by atoms with Crippen molar-refractivity contribution in [3.05, 3.63) is 218 Å². The van der Waals surface area contributed by atoms with E-state index in [0.717, 1.165) is 62.3 Å². The van der Waals surface area contributed by atoms with Gasteiger partial charge in [0.15, 0.2) is 0 Å². The number of para-hydroxylation sites is 4. The van der Waals surface area contributed by atoms with E-state index in [9.17, 15) is 5.11 Å². The SMILES string of the molecule is Oc1ccc(-c2ccc(N(c3ccc(N(c4ccccc4)c4ccccc4)cc3)c3ccc(N(c4ccccc4)c4ccccc4)cc3)cc2)cc1. The average Bonchev–Trinajstić information content (AvgIpc) is 3.22. The number of phenols is 1. The summed E-state index contributed by atoms with van der Waals surface area (Å²) in [4.78, 5) is 6.84. The normalized spacial score (nSPS) is 10.8. The van der Waals surface area contributed by atoms with E-state index in [0.29, 0.717) is 0 Å². The number of anilines is 9. The Kier molecular flexibility index (Phi) is 9.18. The van der Waals surface area contributed by atoms with Gasteiger partial charge in [0.1, 0.15) is 5.75 Å². The highest BCUT2D eigenvalue weighted by molar-refractivity contribution is 5.84. The summed E-state index contributed by atoms with van der Waals surface area (Å²) in [6.07, 6.45) is 0. The molecule has 0 aliphatic rings. The quantitative estimate of drug-likeness (QED) is 0.157. The highest BCUT2D eigenvalue weighted by Crippen LogP contribution is 2.41. The number of hydrogen-bond acceptors (Lipinski definition) is 4. The zero-order valence-corrected chi connectivity index (χ0v) is 28.6. The maximum Gasteiger partial charge on any atom is 0.115 e. The maximum absolute atomic E-state index is 9.83. The van der Waals surface area contributed by atoms with Gasteiger partial charge in [-0.05, 0) is 132 Å². The van der Waals surface area contributed by atoms with Crippen LogP contribution in [0.15, 0.2) is 218 Å². The maximum atomic E-state index is 9.83. The molecule has 0 fully saturated rings. The highest BCUT2D eigenvalue weighted by atomic mass is 16.3. The second kappa shape index (κ2) is 14.8. The molecule has 0 heterocycles. The topological polar surface area (TPSA) is 30.0 Å². The van der Waals surface area contributed by atoms with E-state index < -0.39 is 0 Å². The Morgan fingerprint density at radius 2 is 0.404 bits per heavy atom. The standard InChI is InChI=1S/C48H37N3O/c52-48-35-23-38(24-36-48)37-21-25-43(26-22-37)51(46-31-27-44(28-32-46)49(39-13-5-1-6-14-39)40-15-7-2-8-16-40)47-33-29-45(30-34-47)50(41-17-9-3-10-18-41)42-19-11-4-12-20-42/h1-36,52H. The van der Waals surface area contributed by atoms with Crippen molar-refractivity contribution in [1.29, 1.82) is 0 Å². The molecule has 8 rings (SSSR count). The van der Waals surface area contributed by atoms with E-state index >= 15 is 0 Å². The molecule has 8 aromatic rings. The Balaban J connectivity index is 1.19. The Morgan fingerprint density at radius 3 is 0.654 bits per heavy atom. The predicted octanol–water partition coefficient (Wildman–Crippen LogP) is 13.5. The van der Waals surface area contributed by atoms with Crippen LogP contribution in [0.2, 0.25) is 0 Å². The number of nitrogens with zero attached hydrogens (tertiary/aromatic N) is 3. The van der Waals surface area contributed by atoms with E-state index in [1.807, 2.05) is 36.4 Å². The van der Waals surface area contributed by atoms with Crippen molar-refractivity contribution in [1.82, 2.24) is 0 Å². The van der Waals surface area contributed by atoms with Crippen LogP contribution in [0.5, 0.6) is 5.75 Å². The summed E-state index contributed by atoms with van der Waals surface area (Å²) in [5.74, 6) is 0.259. The van der Waals surface area contributed by atoms with Gasteiger partial charge in [0, 0.05) is 51.2 Å². The van der Waals surface area contributed by atoms with Crippen molar-refractivity contribution in [3.63, 3.8) is 0 Å². The minimum Gasteiger partial charge on any atom is -0.508 e. The van der Waals surface area contributed by atoms with Crippen LogP contribution in [-0.4, -0.2) is 5.11 Å². The molecule has 0 spiro atoms. The van der Waals surface area contributed by atoms with Gasteiger partial charge in [0.05, 0.1) is 0 Å². The van der Waals surface area contributed by atoms with Crippen molar-refractivity contribution >= 4 is 51.2 Å². The van der Waals surface area contributed by atoms with Gasteiger partial charge in [-0.2, -0.15) is 0 Å². The lowest BCUT2D eigenvalue weighted by molar-refractivity contribution is 0.475. The lowest BCUT2D eigenvalue weighted by Gasteiger charge is -2.29. The molecule has 0 radical (unpaired) electrons. The van der Waals surface area contributed by atoms with Crippen LogP contribution in [0, 0.1) is 0 Å². The lowest BCUT2D eigenvalue weighted by atomic mass is 10.0. The number of benzene rings is 8. The first-order valence-electron chi connectivity index (χ1n) is 17.4. The van der Waals surface area contributed by atoms with Crippen LogP contribution in [0.4, 0.5) is 51.2 Å². The van der Waals surface area contributed by atoms with Crippen LogP contribution < -0.4 is 14.7 Å². The number of phenolic OH excluding ortho intramolecular Hbond substituents is 1. The van der Waals surface area contributed by atoms with Gasteiger partial charge in [0.2, 0.25) is 0 Å². The zero-order chi connectivity index (χ0) is 35.1. The molecule has 1 N–H and O–H groups in total. The van der Waals surface area contributed by atoms with Gasteiger partial charge < -0.3 is 19.8 Å². The number of aromatic hydroxyl groups is 1. The van der Waals surface area contributed by atoms with Crippen molar-refractivity contribution < 1.29 is 5.11 Å². The van der Waals surface area contributed by atoms with E-state index in [1.54, 1.807) is 12.1 Å². The molecular weight excluding hydrogens is 635 g/mol. The van der Waals surface area contributed by atoms with Crippen molar-refractivity contribution in [3.8, 4) is 16.9 Å². The average molecular weight is 672 g/mol. The van der Waals surface area contributed by atoms with Gasteiger partial charge >= 0.3 is 0 Å². The van der Waals surface area contributed by atoms with Gasteiger partial charge in [-0.1, -0.05) is 97.1 Å². The molecule has 4 nitrogen and oxygen atoms in total. The molecule has 0 unspecified atom stereocenters. The molecule has 0 amide bonds. The molecule has 52 heavy (non-hydrogen) atoms. The van der Waals surface area contributed by atoms with Gasteiger partial charge in [-0.15, -0.1) is 0 Å². The van der Waals surface area contributed by atoms with Crippen LogP contribution in [0.3, 0.4) is 0 Å². The fourth-order valence-electron chi connectivity index (χ4n) is 6.61. The Labute approximate surface area is 305 Å². The largest absolute Gasteiger partial charge is 0.508 e. The fourth-order valence-corrected chi connectivity index (χ4v) is 6.61. The minimum absolute atomic E-state index is 0.259. The van der Waals surface area contributed by atoms with Crippen LogP contribution in [-0.2, 0) is 0 Å². The molecule has 0 aromatic heterocycles. The third-order valence-corrected chi connectivity index (χ3v) is 9.12. The van der Waals surface area contributed by atoms with Crippen molar-refractivity contribution in [2.75, 3.05) is 14.7 Å². The lowest BCUT2D eigenvalue weighted by Crippen LogP contribution is -2.13. The second-order valence-corrected chi connectivity index (χ2v) is 12.5. The Hall–Kier alpha value is -7.04. The summed E-state index contributed by atoms with van der Waals surface area (Å²) in [6, 6.07) is 75.3. The summed E-state index contributed by atoms with van der Waals surface area (Å²) in [6.45, 7) is 0. The zero-order valence-electron chi connectivity index (χ0n) is 28.6. The monoisotopic (exact) mass is 671 g/mol. The molecule has 4 heteroatoms. The van der Waals surface area contributed by atoms with E-state index in [1.165, 1.54) is 0 Å². The minimum atomic E-state index is 0.259. The van der Waals surface area contributed by atoms with E-state index in [2.05, 4.69) is 185 Å². The van der Waals surface area contributed by atoms with Crippen LogP contribution in [0.1, 0.15) is 0 Å². The van der Waals surface area contributed by atoms with E-state index in [4.69, 9.17) is 0 Å². The number of rotatable bonds is 10. The molecule has 8 aromatic carbocycles. The van der Waals surface area contributed by atoms with Crippen LogP contribution in [0.25, 0.3) is 11.1 Å². The molecular formula is C48H37N3O. The summed E-state index contributed by atoms with van der Waals surface area (Å²) in [5, 5.41) is 9.83. The fraction of sp³-hybridized carbons (Fsp3) is 0. The Morgan fingerprint density at radius 1 is 0.212 bits per heavy atom. The van der Waals surface area contributed by atoms with Crippen molar-refractivity contribution in [2.24, 2.45) is 0 Å². The highest BCUT2D eigenvalue weighted by Gasteiger charge is 2.18. The summed E-state index contributed by atoms with van der Waals surface area (Å²) >= 11 is 0. The molecule has 250 valence electrons. The van der Waals surface area contributed by atoms with E-state index in [-0.39, 0.29) is 5.75 Å². The van der Waals surface area contributed by atoms with Gasteiger partial charge in [0.25, 0.3) is 0 Å². The molecule has 0 aliphatic heterocycles. The molecule has 0 saturated carbocycles.